The molecule has 1 amide bonds. The maximum atomic E-state index is 12.3. The topological polar surface area (TPSA) is 57.6 Å². The highest BCUT2D eigenvalue weighted by Crippen LogP contribution is 2.34. The van der Waals surface area contributed by atoms with Crippen LogP contribution in [-0.4, -0.2) is 35.0 Å². The van der Waals surface area contributed by atoms with Crippen molar-refractivity contribution >= 4 is 11.9 Å². The highest BCUT2D eigenvalue weighted by Gasteiger charge is 2.40. The van der Waals surface area contributed by atoms with Crippen LogP contribution in [0.2, 0.25) is 0 Å². The number of carbonyl (C=O) groups excluding carboxylic acids is 1. The lowest BCUT2D eigenvalue weighted by molar-refractivity contribution is -0.149. The standard InChI is InChI=1S/C13H21NO3/c1-9-5-7-14(8-6-9)12(15)10-3-2-4-11(10)13(16)17/h9-11H,2-8H2,1H3,(H,16,17)/t10-,11+/m1/s1. The predicted molar refractivity (Wildman–Crippen MR) is 63.4 cm³/mol. The van der Waals surface area contributed by atoms with E-state index in [2.05, 4.69) is 6.92 Å². The molecule has 1 heterocycles. The largest absolute Gasteiger partial charge is 0.481 e. The average molecular weight is 239 g/mol. The Hall–Kier alpha value is -1.06. The van der Waals surface area contributed by atoms with Crippen LogP contribution in [0.25, 0.3) is 0 Å². The molecule has 96 valence electrons. The first-order chi connectivity index (χ1) is 8.09. The summed E-state index contributed by atoms with van der Waals surface area (Å²) in [5.41, 5.74) is 0. The van der Waals surface area contributed by atoms with Gasteiger partial charge in [-0.25, -0.2) is 0 Å². The molecule has 1 saturated heterocycles. The van der Waals surface area contributed by atoms with Gasteiger partial charge in [0.25, 0.3) is 0 Å². The molecule has 0 bridgehead atoms. The molecule has 0 aromatic carbocycles. The quantitative estimate of drug-likeness (QED) is 0.798. The van der Waals surface area contributed by atoms with E-state index in [1.165, 1.54) is 0 Å². The molecule has 0 unspecified atom stereocenters. The number of likely N-dealkylation sites (tertiary alicyclic amines) is 1. The van der Waals surface area contributed by atoms with Crippen LogP contribution in [0.1, 0.15) is 39.0 Å². The second kappa shape index (κ2) is 5.07. The molecule has 0 spiro atoms. The van der Waals surface area contributed by atoms with Crippen LogP contribution in [0, 0.1) is 17.8 Å². The summed E-state index contributed by atoms with van der Waals surface area (Å²) >= 11 is 0. The van der Waals surface area contributed by atoms with E-state index in [4.69, 9.17) is 5.11 Å². The molecule has 17 heavy (non-hydrogen) atoms. The van der Waals surface area contributed by atoms with Gasteiger partial charge >= 0.3 is 5.97 Å². The lowest BCUT2D eigenvalue weighted by atomic mass is 9.92. The summed E-state index contributed by atoms with van der Waals surface area (Å²) in [5.74, 6) is -0.728. The number of rotatable bonds is 2. The molecule has 4 heteroatoms. The van der Waals surface area contributed by atoms with E-state index in [1.54, 1.807) is 0 Å². The van der Waals surface area contributed by atoms with Gasteiger partial charge in [-0.1, -0.05) is 13.3 Å². The zero-order valence-electron chi connectivity index (χ0n) is 10.4. The van der Waals surface area contributed by atoms with Gasteiger partial charge in [0.2, 0.25) is 5.91 Å². The van der Waals surface area contributed by atoms with Crippen LogP contribution in [0.5, 0.6) is 0 Å². The maximum Gasteiger partial charge on any atom is 0.307 e. The molecule has 1 aliphatic carbocycles. The van der Waals surface area contributed by atoms with E-state index in [1.807, 2.05) is 4.90 Å². The zero-order valence-corrected chi connectivity index (χ0v) is 10.4. The fourth-order valence-corrected chi connectivity index (χ4v) is 3.01. The molecule has 0 aromatic rings. The van der Waals surface area contributed by atoms with E-state index in [0.29, 0.717) is 12.3 Å². The molecular weight excluding hydrogens is 218 g/mol. The van der Waals surface area contributed by atoms with Gasteiger partial charge in [0.15, 0.2) is 0 Å². The number of carboxylic acid groups (broad SMARTS) is 1. The molecule has 4 nitrogen and oxygen atoms in total. The van der Waals surface area contributed by atoms with Crippen molar-refractivity contribution in [1.82, 2.24) is 4.90 Å². The third kappa shape index (κ3) is 2.61. The molecule has 2 rings (SSSR count). The van der Waals surface area contributed by atoms with E-state index < -0.39 is 11.9 Å². The molecule has 1 saturated carbocycles. The lowest BCUT2D eigenvalue weighted by Crippen LogP contribution is -2.43. The smallest absolute Gasteiger partial charge is 0.307 e. The Balaban J connectivity index is 1.97. The Morgan fingerprint density at radius 3 is 2.24 bits per heavy atom. The second-order valence-corrected chi connectivity index (χ2v) is 5.49. The molecule has 2 aliphatic rings. The Bertz CT molecular complexity index is 308. The lowest BCUT2D eigenvalue weighted by Gasteiger charge is -2.33. The molecule has 2 atom stereocenters. The normalized spacial score (nSPS) is 30.5. The van der Waals surface area contributed by atoms with Gasteiger partial charge in [0, 0.05) is 13.1 Å². The summed E-state index contributed by atoms with van der Waals surface area (Å²) in [7, 11) is 0. The number of piperidine rings is 1. The van der Waals surface area contributed by atoms with Crippen molar-refractivity contribution in [1.29, 1.82) is 0 Å². The van der Waals surface area contributed by atoms with Crippen LogP contribution >= 0.6 is 0 Å². The highest BCUT2D eigenvalue weighted by atomic mass is 16.4. The van der Waals surface area contributed by atoms with E-state index in [0.717, 1.165) is 38.8 Å². The number of hydrogen-bond acceptors (Lipinski definition) is 2. The third-order valence-electron chi connectivity index (χ3n) is 4.25. The predicted octanol–water partition coefficient (Wildman–Crippen LogP) is 1.75. The molecule has 1 N–H and O–H groups in total. The van der Waals surface area contributed by atoms with Crippen molar-refractivity contribution in [3.63, 3.8) is 0 Å². The molecule has 2 fully saturated rings. The minimum Gasteiger partial charge on any atom is -0.481 e. The Labute approximate surface area is 102 Å². The molecule has 0 aromatic heterocycles. The van der Waals surface area contributed by atoms with Gasteiger partial charge < -0.3 is 10.0 Å². The van der Waals surface area contributed by atoms with Crippen molar-refractivity contribution in [3.05, 3.63) is 0 Å². The summed E-state index contributed by atoms with van der Waals surface area (Å²) in [6, 6.07) is 0. The van der Waals surface area contributed by atoms with Gasteiger partial charge in [0.05, 0.1) is 11.8 Å². The summed E-state index contributed by atoms with van der Waals surface area (Å²) < 4.78 is 0. The number of hydrogen-bond donors (Lipinski definition) is 1. The van der Waals surface area contributed by atoms with Gasteiger partial charge in [-0.15, -0.1) is 0 Å². The van der Waals surface area contributed by atoms with Crippen molar-refractivity contribution in [2.45, 2.75) is 39.0 Å². The minimum absolute atomic E-state index is 0.0850. The number of carbonyl (C=O) groups is 2. The average Bonchev–Trinajstić information content (AvgIpc) is 2.78. The number of carboxylic acids is 1. The maximum absolute atomic E-state index is 12.3. The number of aliphatic carboxylic acids is 1. The fourth-order valence-electron chi connectivity index (χ4n) is 3.01. The Morgan fingerprint density at radius 2 is 1.65 bits per heavy atom. The summed E-state index contributed by atoms with van der Waals surface area (Å²) in [5, 5.41) is 9.10. The van der Waals surface area contributed by atoms with Crippen LogP contribution in [-0.2, 0) is 9.59 Å². The molecule has 1 aliphatic heterocycles. The van der Waals surface area contributed by atoms with Crippen molar-refractivity contribution in [3.8, 4) is 0 Å². The molecule has 0 radical (unpaired) electrons. The van der Waals surface area contributed by atoms with Crippen LogP contribution in [0.15, 0.2) is 0 Å². The Morgan fingerprint density at radius 1 is 1.06 bits per heavy atom. The van der Waals surface area contributed by atoms with Crippen LogP contribution < -0.4 is 0 Å². The molecular formula is C13H21NO3. The highest BCUT2D eigenvalue weighted by molar-refractivity contribution is 5.85. The summed E-state index contributed by atoms with van der Waals surface area (Å²) in [6.07, 6.45) is 4.39. The van der Waals surface area contributed by atoms with Gasteiger partial charge in [-0.3, -0.25) is 9.59 Å². The van der Waals surface area contributed by atoms with Crippen molar-refractivity contribution in [2.24, 2.45) is 17.8 Å². The SMILES string of the molecule is CC1CCN(C(=O)[C@@H]2CCC[C@@H]2C(=O)O)CC1. The number of amides is 1. The first-order valence-electron chi connectivity index (χ1n) is 6.61. The van der Waals surface area contributed by atoms with Crippen LogP contribution in [0.4, 0.5) is 0 Å². The summed E-state index contributed by atoms with van der Waals surface area (Å²) in [6.45, 7) is 3.82. The second-order valence-electron chi connectivity index (χ2n) is 5.49. The van der Waals surface area contributed by atoms with E-state index in [9.17, 15) is 9.59 Å². The van der Waals surface area contributed by atoms with Gasteiger partial charge in [0.1, 0.15) is 0 Å². The fraction of sp³-hybridized carbons (Fsp3) is 0.846. The zero-order chi connectivity index (χ0) is 12.4. The van der Waals surface area contributed by atoms with Gasteiger partial charge in [-0.2, -0.15) is 0 Å². The first-order valence-corrected chi connectivity index (χ1v) is 6.61. The van der Waals surface area contributed by atoms with Crippen LogP contribution in [0.3, 0.4) is 0 Å². The minimum atomic E-state index is -0.800. The third-order valence-corrected chi connectivity index (χ3v) is 4.25. The van der Waals surface area contributed by atoms with Crippen molar-refractivity contribution in [2.75, 3.05) is 13.1 Å². The number of nitrogens with zero attached hydrogens (tertiary/aromatic N) is 1. The van der Waals surface area contributed by atoms with E-state index in [-0.39, 0.29) is 11.8 Å². The summed E-state index contributed by atoms with van der Waals surface area (Å²) in [4.78, 5) is 25.2. The first kappa shape index (κ1) is 12.4. The van der Waals surface area contributed by atoms with E-state index >= 15 is 0 Å². The van der Waals surface area contributed by atoms with Crippen molar-refractivity contribution < 1.29 is 14.7 Å². The van der Waals surface area contributed by atoms with Gasteiger partial charge in [-0.05, 0) is 31.6 Å². The Kier molecular flexibility index (Phi) is 3.69. The monoisotopic (exact) mass is 239 g/mol.